The first-order valence-corrected chi connectivity index (χ1v) is 13.1. The van der Waals surface area contributed by atoms with Crippen LogP contribution in [0.3, 0.4) is 0 Å². The van der Waals surface area contributed by atoms with E-state index >= 15 is 0 Å². The summed E-state index contributed by atoms with van der Waals surface area (Å²) < 4.78 is 0. The number of aromatic nitrogens is 1. The van der Waals surface area contributed by atoms with Crippen LogP contribution in [0.1, 0.15) is 33.5 Å². The molecule has 0 radical (unpaired) electrons. The number of rotatable bonds is 9. The molecule has 0 aliphatic heterocycles. The zero-order valence-corrected chi connectivity index (χ0v) is 21.1. The van der Waals surface area contributed by atoms with Crippen molar-refractivity contribution in [1.29, 1.82) is 0 Å². The second-order valence-corrected chi connectivity index (χ2v) is 9.53. The first kappa shape index (κ1) is 25.2. The number of carbonyl (C=O) groups is 2. The Hall–Kier alpha value is -3.90. The van der Waals surface area contributed by atoms with Crippen LogP contribution in [0.15, 0.2) is 79.1 Å². The van der Waals surface area contributed by atoms with E-state index in [-0.39, 0.29) is 0 Å². The number of amides is 1. The summed E-state index contributed by atoms with van der Waals surface area (Å²) >= 11 is 1.55. The number of pyridine rings is 1. The highest BCUT2D eigenvalue weighted by molar-refractivity contribution is 7.98. The number of carbonyl (C=O) groups excluding carboxylic acids is 1. The number of aliphatic carboxylic acids is 1. The smallest absolute Gasteiger partial charge is 0.326 e. The number of hydrogen-bond acceptors (Lipinski definition) is 4. The van der Waals surface area contributed by atoms with E-state index in [0.717, 1.165) is 38.6 Å². The summed E-state index contributed by atoms with van der Waals surface area (Å²) in [7, 11) is 0. The van der Waals surface area contributed by atoms with Crippen molar-refractivity contribution in [1.82, 2.24) is 10.3 Å². The molecule has 0 saturated carbocycles. The number of carboxylic acids is 1. The Morgan fingerprint density at radius 1 is 1.00 bits per heavy atom. The molecule has 0 unspecified atom stereocenters. The Balaban J connectivity index is 1.72. The number of fused-ring (bicyclic) bond motifs is 1. The monoisotopic (exact) mass is 496 g/mol. The highest BCUT2D eigenvalue weighted by Crippen LogP contribution is 2.29. The predicted molar refractivity (Wildman–Crippen MR) is 149 cm³/mol. The molecule has 182 valence electrons. The van der Waals surface area contributed by atoms with Gasteiger partial charge in [0.1, 0.15) is 6.04 Å². The van der Waals surface area contributed by atoms with Crippen LogP contribution in [-0.4, -0.2) is 40.0 Å². The lowest BCUT2D eigenvalue weighted by Gasteiger charge is -2.17. The van der Waals surface area contributed by atoms with Crippen LogP contribution in [0.25, 0.3) is 34.1 Å². The molecule has 6 heteroatoms. The van der Waals surface area contributed by atoms with Gasteiger partial charge in [0.2, 0.25) is 0 Å². The summed E-state index contributed by atoms with van der Waals surface area (Å²) in [5.74, 6) is -0.775. The van der Waals surface area contributed by atoms with E-state index < -0.39 is 17.9 Å². The summed E-state index contributed by atoms with van der Waals surface area (Å²) in [6.45, 7) is 2.00. The standard InChI is InChI=1S/C30H28N2O3S/c1-20-7-3-5-9-24(20)27-17-21(11-13-23-19-31-18-22-8-4-6-10-25(22)23)12-14-26(27)29(33)32-28(30(34)35)15-16-36-2/h3-14,17-19,28H,15-16H2,1-2H3,(H,32,33)(H,34,35)/b13-11+/t28-/m0/s1. The van der Waals surface area contributed by atoms with E-state index in [1.165, 1.54) is 0 Å². The Morgan fingerprint density at radius 3 is 2.56 bits per heavy atom. The highest BCUT2D eigenvalue weighted by atomic mass is 32.2. The third-order valence-corrected chi connectivity index (χ3v) is 6.74. The molecule has 4 aromatic rings. The molecule has 0 aliphatic rings. The minimum absolute atomic E-state index is 0.363. The quantitative estimate of drug-likeness (QED) is 0.284. The largest absolute Gasteiger partial charge is 0.480 e. The van der Waals surface area contributed by atoms with Gasteiger partial charge in [-0.1, -0.05) is 66.7 Å². The fourth-order valence-electron chi connectivity index (χ4n) is 4.15. The highest BCUT2D eigenvalue weighted by Gasteiger charge is 2.22. The molecule has 5 nitrogen and oxygen atoms in total. The van der Waals surface area contributed by atoms with Crippen molar-refractivity contribution in [3.63, 3.8) is 0 Å². The number of aryl methyl sites for hydroxylation is 1. The van der Waals surface area contributed by atoms with E-state index in [1.807, 2.05) is 92.3 Å². The van der Waals surface area contributed by atoms with Gasteiger partial charge in [-0.25, -0.2) is 4.79 Å². The van der Waals surface area contributed by atoms with Crippen molar-refractivity contribution in [2.75, 3.05) is 12.0 Å². The zero-order chi connectivity index (χ0) is 25.5. The maximum absolute atomic E-state index is 13.3. The predicted octanol–water partition coefficient (Wildman–Crippen LogP) is 6.32. The third kappa shape index (κ3) is 5.83. The van der Waals surface area contributed by atoms with Gasteiger partial charge in [0.25, 0.3) is 5.91 Å². The van der Waals surface area contributed by atoms with Gasteiger partial charge in [-0.05, 0) is 65.1 Å². The van der Waals surface area contributed by atoms with Crippen LogP contribution in [0, 0.1) is 6.92 Å². The van der Waals surface area contributed by atoms with Crippen molar-refractivity contribution < 1.29 is 14.7 Å². The molecule has 0 aliphatic carbocycles. The number of nitrogens with zero attached hydrogens (tertiary/aromatic N) is 1. The van der Waals surface area contributed by atoms with Crippen molar-refractivity contribution in [2.45, 2.75) is 19.4 Å². The molecule has 3 aromatic carbocycles. The molecule has 36 heavy (non-hydrogen) atoms. The summed E-state index contributed by atoms with van der Waals surface area (Å²) in [6, 6.07) is 20.7. The van der Waals surface area contributed by atoms with E-state index in [4.69, 9.17) is 0 Å². The van der Waals surface area contributed by atoms with E-state index in [2.05, 4.69) is 16.4 Å². The zero-order valence-electron chi connectivity index (χ0n) is 20.3. The van der Waals surface area contributed by atoms with Crippen LogP contribution in [0.4, 0.5) is 0 Å². The van der Waals surface area contributed by atoms with Gasteiger partial charge in [-0.2, -0.15) is 11.8 Å². The molecule has 0 spiro atoms. The van der Waals surface area contributed by atoms with Crippen LogP contribution >= 0.6 is 11.8 Å². The van der Waals surface area contributed by atoms with Gasteiger partial charge >= 0.3 is 5.97 Å². The topological polar surface area (TPSA) is 79.3 Å². The Kier molecular flexibility index (Phi) is 8.18. The second-order valence-electron chi connectivity index (χ2n) is 8.55. The number of nitrogens with one attached hydrogen (secondary N) is 1. The minimum Gasteiger partial charge on any atom is -0.480 e. The molecular formula is C30H28N2O3S. The van der Waals surface area contributed by atoms with Gasteiger partial charge in [-0.15, -0.1) is 0 Å². The van der Waals surface area contributed by atoms with Gasteiger partial charge in [-0.3, -0.25) is 9.78 Å². The summed E-state index contributed by atoms with van der Waals surface area (Å²) in [4.78, 5) is 29.3. The fourth-order valence-corrected chi connectivity index (χ4v) is 4.62. The molecule has 0 saturated heterocycles. The summed E-state index contributed by atoms with van der Waals surface area (Å²) in [5, 5.41) is 14.5. The molecule has 4 rings (SSSR count). The van der Waals surface area contributed by atoms with E-state index in [0.29, 0.717) is 17.7 Å². The van der Waals surface area contributed by atoms with Crippen LogP contribution in [-0.2, 0) is 4.79 Å². The third-order valence-electron chi connectivity index (χ3n) is 6.09. The number of benzene rings is 3. The van der Waals surface area contributed by atoms with Gasteiger partial charge in [0.15, 0.2) is 0 Å². The summed E-state index contributed by atoms with van der Waals surface area (Å²) in [5.41, 5.74) is 5.10. The van der Waals surface area contributed by atoms with Gasteiger partial charge in [0, 0.05) is 28.9 Å². The normalized spacial score (nSPS) is 12.1. The van der Waals surface area contributed by atoms with Gasteiger partial charge < -0.3 is 10.4 Å². The maximum Gasteiger partial charge on any atom is 0.326 e. The fraction of sp³-hybridized carbons (Fsp3) is 0.167. The van der Waals surface area contributed by atoms with Crippen molar-refractivity contribution >= 4 is 46.6 Å². The minimum atomic E-state index is -1.03. The Labute approximate surface area is 215 Å². The summed E-state index contributed by atoms with van der Waals surface area (Å²) in [6.07, 6.45) is 9.99. The average Bonchev–Trinajstić information content (AvgIpc) is 2.89. The SMILES string of the molecule is CSCC[C@H](NC(=O)c1ccc(/C=C/c2cncc3ccccc23)cc1-c1ccccc1C)C(=O)O. The van der Waals surface area contributed by atoms with E-state index in [9.17, 15) is 14.7 Å². The Morgan fingerprint density at radius 2 is 1.78 bits per heavy atom. The first-order valence-electron chi connectivity index (χ1n) is 11.7. The van der Waals surface area contributed by atoms with Crippen LogP contribution in [0.2, 0.25) is 0 Å². The maximum atomic E-state index is 13.3. The molecule has 1 aromatic heterocycles. The first-order chi connectivity index (χ1) is 17.5. The van der Waals surface area contributed by atoms with Crippen LogP contribution < -0.4 is 5.32 Å². The number of hydrogen-bond donors (Lipinski definition) is 2. The molecule has 1 atom stereocenters. The van der Waals surface area contributed by atoms with Crippen LogP contribution in [0.5, 0.6) is 0 Å². The molecule has 0 bridgehead atoms. The number of carboxylic acid groups (broad SMARTS) is 1. The van der Waals surface area contributed by atoms with Crippen molar-refractivity contribution in [3.8, 4) is 11.1 Å². The Bertz CT molecular complexity index is 1430. The molecule has 0 fully saturated rings. The molecule has 2 N–H and O–H groups in total. The lowest BCUT2D eigenvalue weighted by Crippen LogP contribution is -2.41. The van der Waals surface area contributed by atoms with Crippen molar-refractivity contribution in [3.05, 3.63) is 101 Å². The average molecular weight is 497 g/mol. The van der Waals surface area contributed by atoms with Gasteiger partial charge in [0.05, 0.1) is 0 Å². The van der Waals surface area contributed by atoms with E-state index in [1.54, 1.807) is 17.8 Å². The molecule has 1 heterocycles. The van der Waals surface area contributed by atoms with Crippen molar-refractivity contribution in [2.24, 2.45) is 0 Å². The molecule has 1 amide bonds. The molecular weight excluding hydrogens is 468 g/mol. The second kappa shape index (κ2) is 11.7. The lowest BCUT2D eigenvalue weighted by atomic mass is 9.93. The lowest BCUT2D eigenvalue weighted by molar-refractivity contribution is -0.139. The number of thioether (sulfide) groups is 1.